The molecule has 29 heavy (non-hydrogen) atoms. The fourth-order valence-corrected chi connectivity index (χ4v) is 3.35. The second kappa shape index (κ2) is 8.38. The maximum Gasteiger partial charge on any atom is 0.325 e. The highest BCUT2D eigenvalue weighted by molar-refractivity contribution is 6.10. The van der Waals surface area contributed by atoms with Crippen molar-refractivity contribution in [2.24, 2.45) is 0 Å². The molecule has 2 aromatic rings. The minimum atomic E-state index is -1.36. The molecule has 8 heteroatoms. The Hall–Kier alpha value is -3.29. The Morgan fingerprint density at radius 2 is 1.79 bits per heavy atom. The molecule has 6 nitrogen and oxygen atoms in total. The molecular formula is C21H21F2N3O3. The molecule has 1 unspecified atom stereocenters. The number of nitrogens with zero attached hydrogens (tertiary/aromatic N) is 1. The summed E-state index contributed by atoms with van der Waals surface area (Å²) in [5.74, 6) is -2.38. The second-order valence-corrected chi connectivity index (χ2v) is 6.87. The van der Waals surface area contributed by atoms with Crippen LogP contribution in [0.2, 0.25) is 0 Å². The first kappa shape index (κ1) is 20.4. The summed E-state index contributed by atoms with van der Waals surface area (Å²) < 4.78 is 27.1. The van der Waals surface area contributed by atoms with E-state index < -0.39 is 41.6 Å². The van der Waals surface area contributed by atoms with Crippen LogP contribution >= 0.6 is 0 Å². The van der Waals surface area contributed by atoms with Gasteiger partial charge in [-0.1, -0.05) is 44.0 Å². The van der Waals surface area contributed by atoms with Crippen LogP contribution in [0.25, 0.3) is 0 Å². The molecule has 1 atom stereocenters. The van der Waals surface area contributed by atoms with Crippen molar-refractivity contribution in [1.29, 1.82) is 0 Å². The van der Waals surface area contributed by atoms with Gasteiger partial charge in [0.25, 0.3) is 5.91 Å². The average Bonchev–Trinajstić information content (AvgIpc) is 2.94. The van der Waals surface area contributed by atoms with E-state index in [1.54, 1.807) is 6.07 Å². The summed E-state index contributed by atoms with van der Waals surface area (Å²) in [6, 6.07) is 10.2. The van der Waals surface area contributed by atoms with Crippen molar-refractivity contribution in [3.8, 4) is 0 Å². The maximum atomic E-state index is 13.7. The molecule has 0 aromatic heterocycles. The predicted octanol–water partition coefficient (Wildman–Crippen LogP) is 3.54. The van der Waals surface area contributed by atoms with E-state index in [1.807, 2.05) is 6.92 Å². The Morgan fingerprint density at radius 3 is 2.45 bits per heavy atom. The number of halogens is 2. The van der Waals surface area contributed by atoms with Gasteiger partial charge in [0.2, 0.25) is 5.91 Å². The van der Waals surface area contributed by atoms with Gasteiger partial charge in [0.15, 0.2) is 0 Å². The summed E-state index contributed by atoms with van der Waals surface area (Å²) in [6.45, 7) is 1.38. The summed E-state index contributed by atoms with van der Waals surface area (Å²) >= 11 is 0. The zero-order valence-electron chi connectivity index (χ0n) is 15.9. The number of carbonyl (C=O) groups is 3. The lowest BCUT2D eigenvalue weighted by atomic mass is 9.85. The molecule has 1 heterocycles. The van der Waals surface area contributed by atoms with Gasteiger partial charge < -0.3 is 10.6 Å². The van der Waals surface area contributed by atoms with Gasteiger partial charge in [0.1, 0.15) is 23.7 Å². The van der Waals surface area contributed by atoms with Gasteiger partial charge in [-0.3, -0.25) is 14.5 Å². The Labute approximate surface area is 166 Å². The van der Waals surface area contributed by atoms with Crippen molar-refractivity contribution in [3.05, 3.63) is 65.7 Å². The Bertz CT molecular complexity index is 933. The van der Waals surface area contributed by atoms with Crippen molar-refractivity contribution in [2.45, 2.75) is 31.7 Å². The van der Waals surface area contributed by atoms with Crippen LogP contribution in [0.15, 0.2) is 48.5 Å². The highest BCUT2D eigenvalue weighted by Gasteiger charge is 2.52. The number of para-hydroxylation sites is 1. The van der Waals surface area contributed by atoms with Gasteiger partial charge in [0, 0.05) is 0 Å². The lowest BCUT2D eigenvalue weighted by Gasteiger charge is -2.27. The molecule has 0 aliphatic carbocycles. The van der Waals surface area contributed by atoms with Crippen molar-refractivity contribution in [2.75, 3.05) is 11.9 Å². The van der Waals surface area contributed by atoms with Gasteiger partial charge in [-0.15, -0.1) is 0 Å². The van der Waals surface area contributed by atoms with Crippen molar-refractivity contribution >= 4 is 23.5 Å². The van der Waals surface area contributed by atoms with Crippen LogP contribution in [-0.4, -0.2) is 29.3 Å². The smallest absolute Gasteiger partial charge is 0.322 e. The first-order chi connectivity index (χ1) is 13.9. The highest BCUT2D eigenvalue weighted by atomic mass is 19.1. The molecule has 0 radical (unpaired) electrons. The molecule has 0 spiro atoms. The summed E-state index contributed by atoms with van der Waals surface area (Å²) in [7, 11) is 0. The van der Waals surface area contributed by atoms with E-state index in [0.29, 0.717) is 18.4 Å². The third kappa shape index (κ3) is 4.11. The van der Waals surface area contributed by atoms with E-state index in [4.69, 9.17) is 0 Å². The number of hydrogen-bond acceptors (Lipinski definition) is 3. The van der Waals surface area contributed by atoms with Crippen LogP contribution in [0.3, 0.4) is 0 Å². The monoisotopic (exact) mass is 401 g/mol. The topological polar surface area (TPSA) is 78.5 Å². The Balaban J connectivity index is 1.83. The van der Waals surface area contributed by atoms with E-state index in [1.165, 1.54) is 42.5 Å². The number of benzene rings is 2. The van der Waals surface area contributed by atoms with Crippen LogP contribution in [0, 0.1) is 11.6 Å². The molecule has 1 fully saturated rings. The van der Waals surface area contributed by atoms with E-state index in [-0.39, 0.29) is 5.69 Å². The highest BCUT2D eigenvalue weighted by Crippen LogP contribution is 2.34. The summed E-state index contributed by atoms with van der Waals surface area (Å²) in [5.41, 5.74) is -0.956. The Kier molecular flexibility index (Phi) is 5.91. The molecule has 1 saturated heterocycles. The number of amides is 4. The number of urea groups is 1. The average molecular weight is 401 g/mol. The molecule has 3 rings (SSSR count). The molecule has 1 aliphatic rings. The first-order valence-corrected chi connectivity index (χ1v) is 9.32. The molecule has 0 saturated carbocycles. The fraction of sp³-hybridized carbons (Fsp3) is 0.286. The van der Waals surface area contributed by atoms with Gasteiger partial charge >= 0.3 is 6.03 Å². The van der Waals surface area contributed by atoms with Crippen LogP contribution < -0.4 is 10.6 Å². The second-order valence-electron chi connectivity index (χ2n) is 6.87. The fourth-order valence-electron chi connectivity index (χ4n) is 3.35. The SMILES string of the molecule is CCCCC1(c2ccc(F)cc2)NC(=O)N(CC(=O)Nc2ccccc2F)C1=O. The van der Waals surface area contributed by atoms with E-state index in [0.717, 1.165) is 11.3 Å². The van der Waals surface area contributed by atoms with Crippen molar-refractivity contribution in [3.63, 3.8) is 0 Å². The zero-order chi connectivity index (χ0) is 21.0. The van der Waals surface area contributed by atoms with E-state index in [2.05, 4.69) is 10.6 Å². The summed E-state index contributed by atoms with van der Waals surface area (Å²) in [4.78, 5) is 38.8. The summed E-state index contributed by atoms with van der Waals surface area (Å²) in [6.07, 6.45) is 1.73. The molecular weight excluding hydrogens is 380 g/mol. The molecule has 2 N–H and O–H groups in total. The van der Waals surface area contributed by atoms with Gasteiger partial charge in [-0.2, -0.15) is 0 Å². The number of imide groups is 1. The van der Waals surface area contributed by atoms with Crippen LogP contribution in [0.5, 0.6) is 0 Å². The number of rotatable bonds is 7. The van der Waals surface area contributed by atoms with Gasteiger partial charge in [-0.25, -0.2) is 13.6 Å². The van der Waals surface area contributed by atoms with E-state index in [9.17, 15) is 23.2 Å². The normalized spacial score (nSPS) is 18.7. The molecule has 4 amide bonds. The Morgan fingerprint density at radius 1 is 1.10 bits per heavy atom. The van der Waals surface area contributed by atoms with Crippen molar-refractivity contribution in [1.82, 2.24) is 10.2 Å². The van der Waals surface area contributed by atoms with Crippen LogP contribution in [-0.2, 0) is 15.1 Å². The lowest BCUT2D eigenvalue weighted by Crippen LogP contribution is -2.44. The maximum absolute atomic E-state index is 13.7. The lowest BCUT2D eigenvalue weighted by molar-refractivity contribution is -0.134. The third-order valence-electron chi connectivity index (χ3n) is 4.87. The number of anilines is 1. The van der Waals surface area contributed by atoms with Gasteiger partial charge in [0.05, 0.1) is 5.69 Å². The number of unbranched alkanes of at least 4 members (excludes halogenated alkanes) is 1. The molecule has 152 valence electrons. The minimum absolute atomic E-state index is 0.0414. The molecule has 2 aromatic carbocycles. The first-order valence-electron chi connectivity index (χ1n) is 9.32. The van der Waals surface area contributed by atoms with Crippen molar-refractivity contribution < 1.29 is 23.2 Å². The predicted molar refractivity (Wildman–Crippen MR) is 103 cm³/mol. The minimum Gasteiger partial charge on any atom is -0.322 e. The standard InChI is InChI=1S/C21H21F2N3O3/c1-2-3-12-21(14-8-10-15(22)11-9-14)19(28)26(20(29)25-21)13-18(27)24-17-7-5-4-6-16(17)23/h4-11H,2-3,12-13H2,1H3,(H,24,27)(H,25,29). The number of nitrogens with one attached hydrogen (secondary N) is 2. The van der Waals surface area contributed by atoms with Crippen LogP contribution in [0.4, 0.5) is 19.3 Å². The quantitative estimate of drug-likeness (QED) is 0.697. The van der Waals surface area contributed by atoms with Crippen LogP contribution in [0.1, 0.15) is 31.7 Å². The largest absolute Gasteiger partial charge is 0.325 e. The molecule has 1 aliphatic heterocycles. The zero-order valence-corrected chi connectivity index (χ0v) is 15.9. The van der Waals surface area contributed by atoms with Gasteiger partial charge in [-0.05, 0) is 36.2 Å². The third-order valence-corrected chi connectivity index (χ3v) is 4.87. The summed E-state index contributed by atoms with van der Waals surface area (Å²) in [5, 5.41) is 5.04. The molecule has 0 bridgehead atoms. The number of hydrogen-bond donors (Lipinski definition) is 2. The number of carbonyl (C=O) groups excluding carboxylic acids is 3. The van der Waals surface area contributed by atoms with E-state index >= 15 is 0 Å².